The van der Waals surface area contributed by atoms with Gasteiger partial charge in [-0.25, -0.2) is 9.97 Å². The molecule has 0 spiro atoms. The number of fused-ring (bicyclic) bond motifs is 1. The van der Waals surface area contributed by atoms with Crippen LogP contribution in [-0.4, -0.2) is 30.0 Å². The van der Waals surface area contributed by atoms with Crippen LogP contribution in [0.2, 0.25) is 0 Å². The Morgan fingerprint density at radius 1 is 1.25 bits per heavy atom. The molecule has 1 aromatic carbocycles. The number of nitrogens with one attached hydrogen (secondary N) is 2. The fourth-order valence-electron chi connectivity index (χ4n) is 2.24. The highest BCUT2D eigenvalue weighted by molar-refractivity contribution is 7.22. The molecule has 0 aliphatic heterocycles. The van der Waals surface area contributed by atoms with Crippen LogP contribution in [0.15, 0.2) is 36.5 Å². The molecule has 24 heavy (non-hydrogen) atoms. The average molecular weight is 341 g/mol. The second kappa shape index (κ2) is 6.84. The summed E-state index contributed by atoms with van der Waals surface area (Å²) in [5.41, 5.74) is 2.80. The summed E-state index contributed by atoms with van der Waals surface area (Å²) in [5, 5.41) is 6.96. The van der Waals surface area contributed by atoms with Crippen LogP contribution >= 0.6 is 11.3 Å². The SMILES string of the molecule is CC(=O)Nc1ccc2nc(NCc3ccc(N(C)C)nc3)sc2c1. The minimum absolute atomic E-state index is 0.0779. The zero-order chi connectivity index (χ0) is 17.1. The van der Waals surface area contributed by atoms with Crippen molar-refractivity contribution >= 4 is 44.1 Å². The molecule has 2 N–H and O–H groups in total. The Kier molecular flexibility index (Phi) is 4.61. The highest BCUT2D eigenvalue weighted by Gasteiger charge is 2.06. The second-order valence-electron chi connectivity index (χ2n) is 5.66. The van der Waals surface area contributed by atoms with Crippen molar-refractivity contribution in [3.63, 3.8) is 0 Å². The van der Waals surface area contributed by atoms with E-state index in [1.165, 1.54) is 6.92 Å². The van der Waals surface area contributed by atoms with Gasteiger partial charge in [0.15, 0.2) is 5.13 Å². The number of amides is 1. The molecule has 7 heteroatoms. The van der Waals surface area contributed by atoms with E-state index in [9.17, 15) is 4.79 Å². The van der Waals surface area contributed by atoms with E-state index >= 15 is 0 Å². The molecule has 1 amide bonds. The summed E-state index contributed by atoms with van der Waals surface area (Å²) in [6.45, 7) is 2.17. The lowest BCUT2D eigenvalue weighted by molar-refractivity contribution is -0.114. The van der Waals surface area contributed by atoms with Gasteiger partial charge in [-0.2, -0.15) is 0 Å². The third-order valence-electron chi connectivity index (χ3n) is 3.42. The molecule has 2 aromatic heterocycles. The lowest BCUT2D eigenvalue weighted by Crippen LogP contribution is -2.10. The number of carbonyl (C=O) groups excluding carboxylic acids is 1. The molecule has 0 aliphatic rings. The van der Waals surface area contributed by atoms with Gasteiger partial charge in [0, 0.05) is 39.4 Å². The average Bonchev–Trinajstić information content (AvgIpc) is 2.95. The van der Waals surface area contributed by atoms with E-state index < -0.39 is 0 Å². The largest absolute Gasteiger partial charge is 0.363 e. The quantitative estimate of drug-likeness (QED) is 0.745. The molecule has 3 rings (SSSR count). The first kappa shape index (κ1) is 16.2. The molecule has 0 bridgehead atoms. The van der Waals surface area contributed by atoms with E-state index in [0.717, 1.165) is 32.4 Å². The standard InChI is InChI=1S/C17H19N5OS/c1-11(23)20-13-5-6-14-15(8-13)24-17(21-14)19-10-12-4-7-16(18-9-12)22(2)3/h4-9H,10H2,1-3H3,(H,19,21)(H,20,23). The number of anilines is 3. The Bertz CT molecular complexity index is 857. The zero-order valence-corrected chi connectivity index (χ0v) is 14.6. The minimum Gasteiger partial charge on any atom is -0.363 e. The molecule has 2 heterocycles. The number of rotatable bonds is 5. The summed E-state index contributed by atoms with van der Waals surface area (Å²) >= 11 is 1.56. The van der Waals surface area contributed by atoms with Gasteiger partial charge in [-0.1, -0.05) is 17.4 Å². The van der Waals surface area contributed by atoms with Gasteiger partial charge in [0.2, 0.25) is 5.91 Å². The van der Waals surface area contributed by atoms with Gasteiger partial charge < -0.3 is 15.5 Å². The summed E-state index contributed by atoms with van der Waals surface area (Å²) in [7, 11) is 3.94. The van der Waals surface area contributed by atoms with Gasteiger partial charge in [-0.15, -0.1) is 0 Å². The predicted octanol–water partition coefficient (Wildman–Crippen LogP) is 3.33. The van der Waals surface area contributed by atoms with Crippen LogP contribution in [0, 0.1) is 0 Å². The van der Waals surface area contributed by atoms with Gasteiger partial charge in [-0.3, -0.25) is 4.79 Å². The van der Waals surface area contributed by atoms with Crippen molar-refractivity contribution in [3.05, 3.63) is 42.1 Å². The number of pyridine rings is 1. The van der Waals surface area contributed by atoms with E-state index in [4.69, 9.17) is 0 Å². The van der Waals surface area contributed by atoms with Crippen molar-refractivity contribution in [3.8, 4) is 0 Å². The maximum absolute atomic E-state index is 11.1. The molecular formula is C17H19N5OS. The summed E-state index contributed by atoms with van der Waals surface area (Å²) in [4.78, 5) is 22.1. The topological polar surface area (TPSA) is 70.2 Å². The summed E-state index contributed by atoms with van der Waals surface area (Å²) < 4.78 is 1.03. The molecule has 0 atom stereocenters. The molecular weight excluding hydrogens is 322 g/mol. The van der Waals surface area contributed by atoms with Crippen LogP contribution in [0.3, 0.4) is 0 Å². The van der Waals surface area contributed by atoms with Crippen LogP contribution in [0.1, 0.15) is 12.5 Å². The van der Waals surface area contributed by atoms with Crippen molar-refractivity contribution < 1.29 is 4.79 Å². The lowest BCUT2D eigenvalue weighted by Gasteiger charge is -2.11. The molecule has 0 saturated heterocycles. The summed E-state index contributed by atoms with van der Waals surface area (Å²) in [5.74, 6) is 0.857. The third kappa shape index (κ3) is 3.80. The number of benzene rings is 1. The monoisotopic (exact) mass is 341 g/mol. The molecule has 124 valence electrons. The Morgan fingerprint density at radius 3 is 2.75 bits per heavy atom. The highest BCUT2D eigenvalue weighted by Crippen LogP contribution is 2.28. The number of nitrogens with zero attached hydrogens (tertiary/aromatic N) is 3. The van der Waals surface area contributed by atoms with Crippen molar-refractivity contribution in [2.75, 3.05) is 29.6 Å². The van der Waals surface area contributed by atoms with Gasteiger partial charge in [-0.05, 0) is 29.8 Å². The van der Waals surface area contributed by atoms with Gasteiger partial charge in [0.05, 0.1) is 10.2 Å². The number of hydrogen-bond acceptors (Lipinski definition) is 6. The van der Waals surface area contributed by atoms with Crippen molar-refractivity contribution in [1.82, 2.24) is 9.97 Å². The number of aromatic nitrogens is 2. The van der Waals surface area contributed by atoms with Crippen molar-refractivity contribution in [1.29, 1.82) is 0 Å². The second-order valence-corrected chi connectivity index (χ2v) is 6.69. The van der Waals surface area contributed by atoms with Crippen LogP contribution in [-0.2, 0) is 11.3 Å². The molecule has 3 aromatic rings. The number of carbonyl (C=O) groups is 1. The van der Waals surface area contributed by atoms with Crippen LogP contribution < -0.4 is 15.5 Å². The molecule has 0 unspecified atom stereocenters. The normalized spacial score (nSPS) is 10.6. The zero-order valence-electron chi connectivity index (χ0n) is 13.8. The van der Waals surface area contributed by atoms with E-state index in [1.807, 2.05) is 49.5 Å². The number of thiazole rings is 1. The lowest BCUT2D eigenvalue weighted by atomic mass is 10.3. The minimum atomic E-state index is -0.0779. The Balaban J connectivity index is 1.69. The third-order valence-corrected chi connectivity index (χ3v) is 4.40. The Morgan fingerprint density at radius 2 is 2.08 bits per heavy atom. The van der Waals surface area contributed by atoms with Crippen molar-refractivity contribution in [2.24, 2.45) is 0 Å². The fraction of sp³-hybridized carbons (Fsp3) is 0.235. The first-order valence-electron chi connectivity index (χ1n) is 7.55. The molecule has 0 radical (unpaired) electrons. The summed E-state index contributed by atoms with van der Waals surface area (Å²) in [6.07, 6.45) is 1.87. The van der Waals surface area contributed by atoms with E-state index in [0.29, 0.717) is 6.54 Å². The predicted molar refractivity (Wildman–Crippen MR) is 99.8 cm³/mol. The van der Waals surface area contributed by atoms with Crippen LogP contribution in [0.25, 0.3) is 10.2 Å². The smallest absolute Gasteiger partial charge is 0.221 e. The van der Waals surface area contributed by atoms with Crippen molar-refractivity contribution in [2.45, 2.75) is 13.5 Å². The molecule has 6 nitrogen and oxygen atoms in total. The Labute approximate surface area is 144 Å². The van der Waals surface area contributed by atoms with Gasteiger partial charge in [0.25, 0.3) is 0 Å². The summed E-state index contributed by atoms with van der Waals surface area (Å²) in [6, 6.07) is 9.76. The van der Waals surface area contributed by atoms with Gasteiger partial charge in [0.1, 0.15) is 5.82 Å². The maximum Gasteiger partial charge on any atom is 0.221 e. The van der Waals surface area contributed by atoms with Crippen LogP contribution in [0.4, 0.5) is 16.6 Å². The first-order valence-corrected chi connectivity index (χ1v) is 8.37. The van der Waals surface area contributed by atoms with Gasteiger partial charge >= 0.3 is 0 Å². The van der Waals surface area contributed by atoms with E-state index in [-0.39, 0.29) is 5.91 Å². The fourth-order valence-corrected chi connectivity index (χ4v) is 3.15. The molecule has 0 fully saturated rings. The number of hydrogen-bond donors (Lipinski definition) is 2. The Hall–Kier alpha value is -2.67. The highest BCUT2D eigenvalue weighted by atomic mass is 32.1. The van der Waals surface area contributed by atoms with E-state index in [2.05, 4.69) is 26.7 Å². The van der Waals surface area contributed by atoms with E-state index in [1.54, 1.807) is 11.3 Å². The van der Waals surface area contributed by atoms with Crippen LogP contribution in [0.5, 0.6) is 0 Å². The molecule has 0 saturated carbocycles. The first-order chi connectivity index (χ1) is 11.5. The molecule has 0 aliphatic carbocycles. The maximum atomic E-state index is 11.1.